The van der Waals surface area contributed by atoms with E-state index in [-0.39, 0.29) is 5.56 Å². The third-order valence-corrected chi connectivity index (χ3v) is 3.35. The third kappa shape index (κ3) is 2.64. The van der Waals surface area contributed by atoms with Crippen LogP contribution >= 0.6 is 0 Å². The summed E-state index contributed by atoms with van der Waals surface area (Å²) in [6.45, 7) is 0. The summed E-state index contributed by atoms with van der Waals surface area (Å²) in [6.07, 6.45) is 0. The molecule has 1 unspecified atom stereocenters. The minimum absolute atomic E-state index is 0.312. The van der Waals surface area contributed by atoms with E-state index < -0.39 is 26.6 Å². The van der Waals surface area contributed by atoms with E-state index in [1.807, 2.05) is 0 Å². The number of rotatable bonds is 3. The molecule has 0 aliphatic heterocycles. The molecule has 94 valence electrons. The van der Waals surface area contributed by atoms with Crippen molar-refractivity contribution in [2.45, 2.75) is 10.9 Å². The van der Waals surface area contributed by atoms with Crippen LogP contribution in [0.2, 0.25) is 0 Å². The van der Waals surface area contributed by atoms with Gasteiger partial charge in [0.05, 0.1) is 0 Å². The molecule has 0 saturated carbocycles. The molecule has 17 heavy (non-hydrogen) atoms. The molecule has 1 aromatic carbocycles. The lowest BCUT2D eigenvalue weighted by Crippen LogP contribution is -2.39. The molecule has 0 amide bonds. The lowest BCUT2D eigenvalue weighted by atomic mass is 10.1. The molecule has 0 bridgehead atoms. The monoisotopic (exact) mass is 268 g/mol. The van der Waals surface area contributed by atoms with Crippen LogP contribution in [-0.4, -0.2) is 30.3 Å². The zero-order chi connectivity index (χ0) is 13.3. The van der Waals surface area contributed by atoms with Crippen molar-refractivity contribution in [2.24, 2.45) is 0 Å². The predicted molar refractivity (Wildman–Crippen MR) is 51.8 cm³/mol. The summed E-state index contributed by atoms with van der Waals surface area (Å²) < 4.78 is 57.7. The molecule has 1 N–H and O–H groups in total. The number of ketones is 1. The number of aliphatic hydroxyl groups excluding tert-OH is 1. The van der Waals surface area contributed by atoms with Crippen LogP contribution in [-0.2, 0) is 9.84 Å². The maximum absolute atomic E-state index is 12.1. The normalized spacial score (nSPS) is 14.4. The molecule has 0 spiro atoms. The van der Waals surface area contributed by atoms with Gasteiger partial charge in [0, 0.05) is 5.56 Å². The van der Waals surface area contributed by atoms with E-state index in [0.717, 1.165) is 12.1 Å². The molecular formula is C9H7F3O4S. The fourth-order valence-corrected chi connectivity index (χ4v) is 1.68. The Morgan fingerprint density at radius 1 is 1.18 bits per heavy atom. The van der Waals surface area contributed by atoms with E-state index >= 15 is 0 Å². The van der Waals surface area contributed by atoms with Crippen molar-refractivity contribution in [2.75, 3.05) is 0 Å². The highest BCUT2D eigenvalue weighted by Crippen LogP contribution is 2.27. The minimum Gasteiger partial charge on any atom is -0.370 e. The Labute approximate surface area is 94.6 Å². The molecule has 0 aliphatic carbocycles. The summed E-state index contributed by atoms with van der Waals surface area (Å²) in [7, 11) is -5.92. The van der Waals surface area contributed by atoms with Gasteiger partial charge in [0.1, 0.15) is 0 Å². The fourth-order valence-electron chi connectivity index (χ4n) is 1.01. The van der Waals surface area contributed by atoms with Gasteiger partial charge in [0.15, 0.2) is 0 Å². The number of benzene rings is 1. The second-order valence-corrected chi connectivity index (χ2v) is 5.07. The molecule has 1 rings (SSSR count). The number of carbonyl (C=O) groups excluding carboxylic acids is 1. The van der Waals surface area contributed by atoms with E-state index in [1.54, 1.807) is 0 Å². The lowest BCUT2D eigenvalue weighted by molar-refractivity contribution is -0.0469. The lowest BCUT2D eigenvalue weighted by Gasteiger charge is -2.13. The number of halogens is 3. The first-order valence-corrected chi connectivity index (χ1v) is 5.80. The highest BCUT2D eigenvalue weighted by atomic mass is 32.2. The van der Waals surface area contributed by atoms with Crippen LogP contribution in [0.3, 0.4) is 0 Å². The molecule has 0 aliphatic rings. The van der Waals surface area contributed by atoms with Gasteiger partial charge < -0.3 is 5.11 Å². The second-order valence-electron chi connectivity index (χ2n) is 3.07. The van der Waals surface area contributed by atoms with Gasteiger partial charge in [-0.2, -0.15) is 13.2 Å². The highest BCUT2D eigenvalue weighted by Gasteiger charge is 2.52. The average molecular weight is 268 g/mol. The number of sulfone groups is 1. The number of carbonyl (C=O) groups is 1. The molecule has 0 heterocycles. The van der Waals surface area contributed by atoms with E-state index in [1.165, 1.54) is 18.2 Å². The van der Waals surface area contributed by atoms with E-state index in [2.05, 4.69) is 0 Å². The van der Waals surface area contributed by atoms with Crippen LogP contribution in [0, 0.1) is 0 Å². The van der Waals surface area contributed by atoms with Crippen LogP contribution in [0.15, 0.2) is 30.3 Å². The van der Waals surface area contributed by atoms with Crippen molar-refractivity contribution in [1.29, 1.82) is 0 Å². The van der Waals surface area contributed by atoms with Crippen molar-refractivity contribution in [3.63, 3.8) is 0 Å². The van der Waals surface area contributed by atoms with Crippen LogP contribution in [0.1, 0.15) is 10.4 Å². The topological polar surface area (TPSA) is 71.4 Å². The molecule has 0 aromatic heterocycles. The second kappa shape index (κ2) is 4.46. The van der Waals surface area contributed by atoms with Gasteiger partial charge in [0.25, 0.3) is 9.84 Å². The largest absolute Gasteiger partial charge is 0.500 e. The van der Waals surface area contributed by atoms with Gasteiger partial charge in [0.2, 0.25) is 11.2 Å². The Kier molecular flexibility index (Phi) is 3.58. The molecule has 1 atom stereocenters. The van der Waals surface area contributed by atoms with Crippen molar-refractivity contribution in [1.82, 2.24) is 0 Å². The quantitative estimate of drug-likeness (QED) is 0.834. The Morgan fingerprint density at radius 3 is 2.06 bits per heavy atom. The summed E-state index contributed by atoms with van der Waals surface area (Å²) in [6, 6.07) is 6.37. The molecule has 8 heteroatoms. The van der Waals surface area contributed by atoms with E-state index in [9.17, 15) is 26.4 Å². The van der Waals surface area contributed by atoms with Crippen molar-refractivity contribution in [3.05, 3.63) is 35.9 Å². The maximum Gasteiger partial charge on any atom is 0.500 e. The zero-order valence-electron chi connectivity index (χ0n) is 8.18. The summed E-state index contributed by atoms with van der Waals surface area (Å²) in [4.78, 5) is 11.3. The van der Waals surface area contributed by atoms with Gasteiger partial charge in [-0.15, -0.1) is 0 Å². The van der Waals surface area contributed by atoms with Crippen molar-refractivity contribution >= 4 is 15.6 Å². The predicted octanol–water partition coefficient (Wildman–Crippen LogP) is 1.12. The Morgan fingerprint density at radius 2 is 1.65 bits per heavy atom. The molecular weight excluding hydrogens is 261 g/mol. The Bertz CT molecular complexity index is 507. The molecule has 0 radical (unpaired) electrons. The van der Waals surface area contributed by atoms with Gasteiger partial charge in [-0.25, -0.2) is 8.42 Å². The first-order valence-electron chi connectivity index (χ1n) is 4.25. The summed E-state index contributed by atoms with van der Waals surface area (Å²) in [5.41, 5.74) is -9.12. The Balaban J connectivity index is 3.09. The molecule has 1 aromatic rings. The van der Waals surface area contributed by atoms with Crippen molar-refractivity contribution < 1.29 is 31.5 Å². The van der Waals surface area contributed by atoms with Crippen LogP contribution < -0.4 is 0 Å². The third-order valence-electron chi connectivity index (χ3n) is 1.90. The first kappa shape index (κ1) is 13.7. The van der Waals surface area contributed by atoms with Gasteiger partial charge in [-0.3, -0.25) is 4.79 Å². The number of alkyl halides is 3. The number of Topliss-reactive ketones (excluding diaryl/α,β-unsaturated/α-hetero) is 1. The van der Waals surface area contributed by atoms with Gasteiger partial charge >= 0.3 is 5.51 Å². The van der Waals surface area contributed by atoms with E-state index in [4.69, 9.17) is 5.11 Å². The van der Waals surface area contributed by atoms with Crippen LogP contribution in [0.5, 0.6) is 0 Å². The maximum atomic E-state index is 12.1. The number of aliphatic hydroxyl groups is 1. The zero-order valence-corrected chi connectivity index (χ0v) is 8.99. The average Bonchev–Trinajstić information content (AvgIpc) is 2.26. The van der Waals surface area contributed by atoms with Crippen molar-refractivity contribution in [3.8, 4) is 0 Å². The first-order chi connectivity index (χ1) is 7.68. The number of hydrogen-bond donors (Lipinski definition) is 1. The molecule has 0 saturated heterocycles. The summed E-state index contributed by atoms with van der Waals surface area (Å²) in [5.74, 6) is -1.51. The summed E-state index contributed by atoms with van der Waals surface area (Å²) >= 11 is 0. The van der Waals surface area contributed by atoms with Gasteiger partial charge in [-0.1, -0.05) is 30.3 Å². The fraction of sp³-hybridized carbons (Fsp3) is 0.222. The molecule has 4 nitrogen and oxygen atoms in total. The van der Waals surface area contributed by atoms with Crippen LogP contribution in [0.4, 0.5) is 13.2 Å². The van der Waals surface area contributed by atoms with E-state index in [0.29, 0.717) is 0 Å². The Hall–Kier alpha value is -1.41. The standard InChI is InChI=1S/C9H7F3O4S/c10-9(11,12)17(15,16)8(14)7(13)6-4-2-1-3-5-6/h1-5,8,14H. The SMILES string of the molecule is O=C(c1ccccc1)C(O)S(=O)(=O)C(F)(F)F. The molecule has 0 fully saturated rings. The smallest absolute Gasteiger partial charge is 0.370 e. The number of hydrogen-bond acceptors (Lipinski definition) is 4. The highest BCUT2D eigenvalue weighted by molar-refractivity contribution is 7.93. The van der Waals surface area contributed by atoms with Crippen LogP contribution in [0.25, 0.3) is 0 Å². The van der Waals surface area contributed by atoms with Gasteiger partial charge in [-0.05, 0) is 0 Å². The minimum atomic E-state index is -5.92. The summed E-state index contributed by atoms with van der Waals surface area (Å²) in [5, 5.41) is 8.98.